The minimum atomic E-state index is 0.579. The largest absolute Gasteiger partial charge is 0.346 e. The highest BCUT2D eigenvalue weighted by atomic mass is 15.2. The number of nitrogens with one attached hydrogen (secondary N) is 1. The normalized spacial score (nSPS) is 22.4. The molecule has 0 spiro atoms. The van der Waals surface area contributed by atoms with Gasteiger partial charge in [0.05, 0.1) is 0 Å². The minimum Gasteiger partial charge on any atom is -0.346 e. The Labute approximate surface area is 123 Å². The lowest BCUT2D eigenvalue weighted by Crippen LogP contribution is -2.46. The van der Waals surface area contributed by atoms with Gasteiger partial charge >= 0.3 is 0 Å². The quantitative estimate of drug-likeness (QED) is 0.911. The van der Waals surface area contributed by atoms with Crippen LogP contribution >= 0.6 is 0 Å². The Morgan fingerprint density at radius 2 is 1.80 bits per heavy atom. The van der Waals surface area contributed by atoms with Crippen LogP contribution in [0.3, 0.4) is 0 Å². The monoisotopic (exact) mass is 275 g/mol. The summed E-state index contributed by atoms with van der Waals surface area (Å²) in [5.41, 5.74) is 4.55. The number of aromatic nitrogens is 1. The van der Waals surface area contributed by atoms with Crippen LogP contribution in [0.2, 0.25) is 0 Å². The highest BCUT2D eigenvalue weighted by Gasteiger charge is 2.32. The van der Waals surface area contributed by atoms with Gasteiger partial charge in [-0.3, -0.25) is 4.90 Å². The van der Waals surface area contributed by atoms with E-state index < -0.39 is 0 Å². The SMILES string of the molecule is Cc1cc(C(C(C)C)N2CCNCC2)c(C)n1C1CC1. The first-order valence-corrected chi connectivity index (χ1v) is 8.22. The summed E-state index contributed by atoms with van der Waals surface area (Å²) in [6.45, 7) is 14.0. The first kappa shape index (κ1) is 14.2. The van der Waals surface area contributed by atoms with Crippen molar-refractivity contribution < 1.29 is 0 Å². The molecule has 2 aliphatic rings. The molecule has 2 fully saturated rings. The molecule has 1 aliphatic heterocycles. The van der Waals surface area contributed by atoms with Crippen molar-refractivity contribution in [3.8, 4) is 0 Å². The van der Waals surface area contributed by atoms with E-state index in [0.717, 1.165) is 19.1 Å². The predicted molar refractivity (Wildman–Crippen MR) is 84.2 cm³/mol. The second-order valence-corrected chi connectivity index (χ2v) is 6.90. The van der Waals surface area contributed by atoms with Gasteiger partial charge in [-0.05, 0) is 44.2 Å². The summed E-state index contributed by atoms with van der Waals surface area (Å²) < 4.78 is 2.59. The van der Waals surface area contributed by atoms with Crippen molar-refractivity contribution in [1.82, 2.24) is 14.8 Å². The first-order valence-electron chi connectivity index (χ1n) is 8.22. The molecule has 1 N–H and O–H groups in total. The molecular formula is C17H29N3. The van der Waals surface area contributed by atoms with Crippen LogP contribution in [-0.2, 0) is 0 Å². The fourth-order valence-electron chi connectivity index (χ4n) is 3.93. The lowest BCUT2D eigenvalue weighted by molar-refractivity contribution is 0.136. The van der Waals surface area contributed by atoms with Crippen LogP contribution < -0.4 is 5.32 Å². The van der Waals surface area contributed by atoms with E-state index in [4.69, 9.17) is 0 Å². The summed E-state index contributed by atoms with van der Waals surface area (Å²) in [7, 11) is 0. The molecule has 112 valence electrons. The van der Waals surface area contributed by atoms with Crippen LogP contribution in [0.25, 0.3) is 0 Å². The van der Waals surface area contributed by atoms with Gasteiger partial charge in [-0.1, -0.05) is 13.8 Å². The standard InChI is InChI=1S/C17H29N3/c1-12(2)17(19-9-7-18-8-10-19)16-11-13(3)20(14(16)4)15-5-6-15/h11-12,15,17-18H,5-10H2,1-4H3. The van der Waals surface area contributed by atoms with Crippen molar-refractivity contribution in [3.05, 3.63) is 23.0 Å². The summed E-state index contributed by atoms with van der Waals surface area (Å²) >= 11 is 0. The molecule has 0 radical (unpaired) electrons. The van der Waals surface area contributed by atoms with E-state index in [-0.39, 0.29) is 0 Å². The third-order valence-corrected chi connectivity index (χ3v) is 4.93. The van der Waals surface area contributed by atoms with E-state index in [1.165, 1.54) is 37.3 Å². The summed E-state index contributed by atoms with van der Waals surface area (Å²) in [5, 5.41) is 3.47. The Hall–Kier alpha value is -0.800. The number of piperazine rings is 1. The molecule has 20 heavy (non-hydrogen) atoms. The summed E-state index contributed by atoms with van der Waals surface area (Å²) in [6.07, 6.45) is 2.74. The molecule has 1 saturated carbocycles. The van der Waals surface area contributed by atoms with Gasteiger partial charge in [0.25, 0.3) is 0 Å². The third-order valence-electron chi connectivity index (χ3n) is 4.93. The number of nitrogens with zero attached hydrogens (tertiary/aromatic N) is 2. The first-order chi connectivity index (χ1) is 9.59. The average molecular weight is 275 g/mol. The molecular weight excluding hydrogens is 246 g/mol. The topological polar surface area (TPSA) is 20.2 Å². The van der Waals surface area contributed by atoms with Crippen molar-refractivity contribution in [2.45, 2.75) is 52.6 Å². The zero-order valence-corrected chi connectivity index (χ0v) is 13.4. The number of rotatable bonds is 4. The molecule has 1 saturated heterocycles. The number of hydrogen-bond donors (Lipinski definition) is 1. The second kappa shape index (κ2) is 5.53. The van der Waals surface area contributed by atoms with Gasteiger partial charge in [-0.25, -0.2) is 0 Å². The molecule has 3 rings (SSSR count). The summed E-state index contributed by atoms with van der Waals surface area (Å²) in [6, 6.07) is 3.83. The van der Waals surface area contributed by atoms with Gasteiger partial charge in [-0.15, -0.1) is 0 Å². The predicted octanol–water partition coefficient (Wildman–Crippen LogP) is 3.04. The molecule has 1 aliphatic carbocycles. The van der Waals surface area contributed by atoms with E-state index in [9.17, 15) is 0 Å². The van der Waals surface area contributed by atoms with Crippen LogP contribution in [0.15, 0.2) is 6.07 Å². The highest BCUT2D eigenvalue weighted by molar-refractivity contribution is 5.32. The Morgan fingerprint density at radius 3 is 2.35 bits per heavy atom. The molecule has 0 aromatic carbocycles. The van der Waals surface area contributed by atoms with Crippen LogP contribution in [0.5, 0.6) is 0 Å². The zero-order valence-electron chi connectivity index (χ0n) is 13.4. The van der Waals surface area contributed by atoms with E-state index >= 15 is 0 Å². The van der Waals surface area contributed by atoms with Crippen LogP contribution in [-0.4, -0.2) is 35.6 Å². The van der Waals surface area contributed by atoms with Crippen LogP contribution in [0.4, 0.5) is 0 Å². The zero-order chi connectivity index (χ0) is 14.3. The number of aryl methyl sites for hydroxylation is 1. The summed E-state index contributed by atoms with van der Waals surface area (Å²) in [5.74, 6) is 0.668. The van der Waals surface area contributed by atoms with Gasteiger partial charge in [0, 0.05) is 49.7 Å². The van der Waals surface area contributed by atoms with E-state index in [2.05, 4.69) is 48.5 Å². The lowest BCUT2D eigenvalue weighted by Gasteiger charge is -2.37. The van der Waals surface area contributed by atoms with Crippen molar-refractivity contribution in [1.29, 1.82) is 0 Å². The fraction of sp³-hybridized carbons (Fsp3) is 0.765. The van der Waals surface area contributed by atoms with Gasteiger partial charge in [0.15, 0.2) is 0 Å². The molecule has 3 heteroatoms. The Bertz CT molecular complexity index is 465. The highest BCUT2D eigenvalue weighted by Crippen LogP contribution is 2.41. The molecule has 1 aromatic heterocycles. The lowest BCUT2D eigenvalue weighted by atomic mass is 9.94. The third kappa shape index (κ3) is 2.53. The second-order valence-electron chi connectivity index (χ2n) is 6.90. The fourth-order valence-corrected chi connectivity index (χ4v) is 3.93. The smallest absolute Gasteiger partial charge is 0.0389 e. The van der Waals surface area contributed by atoms with Crippen molar-refractivity contribution in [3.63, 3.8) is 0 Å². The van der Waals surface area contributed by atoms with E-state index in [1.54, 1.807) is 5.56 Å². The molecule has 1 aromatic rings. The maximum absolute atomic E-state index is 3.47. The van der Waals surface area contributed by atoms with Gasteiger partial charge in [0.2, 0.25) is 0 Å². The average Bonchev–Trinajstić information content (AvgIpc) is 3.19. The Morgan fingerprint density at radius 1 is 1.15 bits per heavy atom. The molecule has 2 heterocycles. The molecule has 0 amide bonds. The number of hydrogen-bond acceptors (Lipinski definition) is 2. The molecule has 1 unspecified atom stereocenters. The van der Waals surface area contributed by atoms with Crippen molar-refractivity contribution >= 4 is 0 Å². The van der Waals surface area contributed by atoms with Gasteiger partial charge in [-0.2, -0.15) is 0 Å². The van der Waals surface area contributed by atoms with Crippen molar-refractivity contribution in [2.24, 2.45) is 5.92 Å². The maximum atomic E-state index is 3.47. The van der Waals surface area contributed by atoms with Gasteiger partial charge in [0.1, 0.15) is 0 Å². The van der Waals surface area contributed by atoms with Gasteiger partial charge < -0.3 is 9.88 Å². The van der Waals surface area contributed by atoms with Crippen LogP contribution in [0.1, 0.15) is 55.7 Å². The summed E-state index contributed by atoms with van der Waals surface area (Å²) in [4.78, 5) is 2.68. The molecule has 0 bridgehead atoms. The van der Waals surface area contributed by atoms with Crippen LogP contribution in [0, 0.1) is 19.8 Å². The maximum Gasteiger partial charge on any atom is 0.0389 e. The molecule has 3 nitrogen and oxygen atoms in total. The van der Waals surface area contributed by atoms with Crippen molar-refractivity contribution in [2.75, 3.05) is 26.2 Å². The molecule has 1 atom stereocenters. The Balaban J connectivity index is 1.92. The van der Waals surface area contributed by atoms with E-state index in [1.807, 2.05) is 0 Å². The van der Waals surface area contributed by atoms with E-state index in [0.29, 0.717) is 12.0 Å². The Kier molecular flexibility index (Phi) is 3.91. The minimum absolute atomic E-state index is 0.579.